The van der Waals surface area contributed by atoms with Gasteiger partial charge in [0.2, 0.25) is 0 Å². The molecular weight excluding hydrogens is 290 g/mol. The first-order valence-electron chi connectivity index (χ1n) is 5.94. The van der Waals surface area contributed by atoms with Crippen LogP contribution in [0.15, 0.2) is 53.0 Å². The molecule has 0 heterocycles. The highest BCUT2D eigenvalue weighted by atomic mass is 79.9. The molecule has 2 N–H and O–H groups in total. The van der Waals surface area contributed by atoms with Gasteiger partial charge in [0.1, 0.15) is 12.4 Å². The van der Waals surface area contributed by atoms with Gasteiger partial charge in [-0.1, -0.05) is 40.2 Å². The summed E-state index contributed by atoms with van der Waals surface area (Å²) in [7, 11) is 0. The van der Waals surface area contributed by atoms with E-state index in [1.165, 1.54) is 5.56 Å². The molecule has 2 aromatic rings. The number of halogens is 1. The van der Waals surface area contributed by atoms with E-state index in [1.807, 2.05) is 36.4 Å². The minimum Gasteiger partial charge on any atom is -0.489 e. The molecule has 18 heavy (non-hydrogen) atoms. The quantitative estimate of drug-likeness (QED) is 0.917. The Balaban J connectivity index is 1.91. The van der Waals surface area contributed by atoms with E-state index in [9.17, 15) is 0 Å². The van der Waals surface area contributed by atoms with Crippen molar-refractivity contribution in [3.63, 3.8) is 0 Å². The highest BCUT2D eigenvalue weighted by Gasteiger charge is 1.97. The van der Waals surface area contributed by atoms with Gasteiger partial charge in [-0.15, -0.1) is 0 Å². The van der Waals surface area contributed by atoms with E-state index in [0.29, 0.717) is 13.2 Å². The number of benzene rings is 2. The Hall–Kier alpha value is -1.32. The van der Waals surface area contributed by atoms with Crippen molar-refractivity contribution >= 4 is 15.9 Å². The van der Waals surface area contributed by atoms with E-state index in [4.69, 9.17) is 10.5 Å². The summed E-state index contributed by atoms with van der Waals surface area (Å²) in [4.78, 5) is 0. The third-order valence-corrected chi connectivity index (χ3v) is 3.20. The minimum atomic E-state index is 0.587. The molecule has 2 rings (SSSR count). The van der Waals surface area contributed by atoms with Crippen molar-refractivity contribution < 1.29 is 4.74 Å². The Kier molecular flexibility index (Phi) is 4.79. The van der Waals surface area contributed by atoms with Gasteiger partial charge in [-0.05, 0) is 48.4 Å². The first-order chi connectivity index (χ1) is 8.78. The zero-order valence-electron chi connectivity index (χ0n) is 10.1. The lowest BCUT2D eigenvalue weighted by molar-refractivity contribution is 0.306. The smallest absolute Gasteiger partial charge is 0.119 e. The second kappa shape index (κ2) is 6.57. The summed E-state index contributed by atoms with van der Waals surface area (Å²) in [5.41, 5.74) is 7.91. The van der Waals surface area contributed by atoms with Gasteiger partial charge >= 0.3 is 0 Å². The zero-order valence-corrected chi connectivity index (χ0v) is 11.7. The van der Waals surface area contributed by atoms with Crippen LogP contribution in [0.2, 0.25) is 0 Å². The van der Waals surface area contributed by atoms with Crippen LogP contribution < -0.4 is 10.5 Å². The molecule has 0 bridgehead atoms. The number of hydrogen-bond donors (Lipinski definition) is 1. The fraction of sp³-hybridized carbons (Fsp3) is 0.200. The summed E-state index contributed by atoms with van der Waals surface area (Å²) in [6.45, 7) is 1.27. The normalized spacial score (nSPS) is 10.3. The van der Waals surface area contributed by atoms with Crippen LogP contribution in [0.3, 0.4) is 0 Å². The van der Waals surface area contributed by atoms with E-state index in [1.54, 1.807) is 0 Å². The summed E-state index contributed by atoms with van der Waals surface area (Å²) in [6, 6.07) is 16.2. The minimum absolute atomic E-state index is 0.587. The largest absolute Gasteiger partial charge is 0.489 e. The molecule has 0 aliphatic rings. The van der Waals surface area contributed by atoms with Gasteiger partial charge in [-0.3, -0.25) is 0 Å². The molecule has 0 spiro atoms. The first kappa shape index (κ1) is 13.1. The van der Waals surface area contributed by atoms with E-state index in [0.717, 1.165) is 22.2 Å². The Morgan fingerprint density at radius 2 is 1.50 bits per heavy atom. The van der Waals surface area contributed by atoms with Gasteiger partial charge in [-0.2, -0.15) is 0 Å². The van der Waals surface area contributed by atoms with E-state index >= 15 is 0 Å². The summed E-state index contributed by atoms with van der Waals surface area (Å²) >= 11 is 3.41. The molecular formula is C15H16BrNO. The van der Waals surface area contributed by atoms with Crippen molar-refractivity contribution in [1.82, 2.24) is 0 Å². The fourth-order valence-electron chi connectivity index (χ4n) is 1.67. The maximum absolute atomic E-state index is 5.72. The van der Waals surface area contributed by atoms with Crippen LogP contribution in [0.1, 0.15) is 11.1 Å². The summed E-state index contributed by atoms with van der Waals surface area (Å²) < 4.78 is 6.80. The molecule has 94 valence electrons. The zero-order chi connectivity index (χ0) is 12.8. The molecule has 0 unspecified atom stereocenters. The molecule has 0 radical (unpaired) electrons. The van der Waals surface area contributed by atoms with Crippen molar-refractivity contribution in [3.8, 4) is 5.75 Å². The summed E-state index contributed by atoms with van der Waals surface area (Å²) in [5.74, 6) is 0.888. The maximum atomic E-state index is 5.72. The van der Waals surface area contributed by atoms with Gasteiger partial charge in [-0.25, -0.2) is 0 Å². The standard InChI is InChI=1S/C15H16BrNO/c16-14-5-1-13(2-6-14)11-18-15-7-3-12(4-8-15)9-10-17/h1-8H,9-11,17H2. The second-order valence-corrected chi connectivity index (χ2v) is 5.01. The average molecular weight is 306 g/mol. The van der Waals surface area contributed by atoms with Crippen molar-refractivity contribution in [2.45, 2.75) is 13.0 Å². The highest BCUT2D eigenvalue weighted by Crippen LogP contribution is 2.16. The Bertz CT molecular complexity index is 479. The van der Waals surface area contributed by atoms with Crippen LogP contribution in [0.4, 0.5) is 0 Å². The van der Waals surface area contributed by atoms with Crippen LogP contribution in [0.5, 0.6) is 5.75 Å². The van der Waals surface area contributed by atoms with Crippen LogP contribution in [-0.2, 0) is 13.0 Å². The predicted molar refractivity (Wildman–Crippen MR) is 77.7 cm³/mol. The summed E-state index contributed by atoms with van der Waals surface area (Å²) in [6.07, 6.45) is 0.910. The number of ether oxygens (including phenoxy) is 1. The summed E-state index contributed by atoms with van der Waals surface area (Å²) in [5, 5.41) is 0. The molecule has 0 aromatic heterocycles. The van der Waals surface area contributed by atoms with Gasteiger partial charge in [0.05, 0.1) is 0 Å². The van der Waals surface area contributed by atoms with Crippen molar-refractivity contribution in [3.05, 3.63) is 64.1 Å². The third-order valence-electron chi connectivity index (χ3n) is 2.68. The van der Waals surface area contributed by atoms with E-state index in [-0.39, 0.29) is 0 Å². The topological polar surface area (TPSA) is 35.2 Å². The van der Waals surface area contributed by atoms with Crippen LogP contribution in [0.25, 0.3) is 0 Å². The van der Waals surface area contributed by atoms with Crippen molar-refractivity contribution in [2.24, 2.45) is 5.73 Å². The predicted octanol–water partition coefficient (Wildman–Crippen LogP) is 3.53. The monoisotopic (exact) mass is 305 g/mol. The average Bonchev–Trinajstić information content (AvgIpc) is 2.40. The van der Waals surface area contributed by atoms with E-state index < -0.39 is 0 Å². The Morgan fingerprint density at radius 1 is 0.889 bits per heavy atom. The SMILES string of the molecule is NCCc1ccc(OCc2ccc(Br)cc2)cc1. The highest BCUT2D eigenvalue weighted by molar-refractivity contribution is 9.10. The molecule has 3 heteroatoms. The fourth-order valence-corrected chi connectivity index (χ4v) is 1.93. The van der Waals surface area contributed by atoms with Crippen molar-refractivity contribution in [2.75, 3.05) is 6.54 Å². The lowest BCUT2D eigenvalue weighted by atomic mass is 10.1. The van der Waals surface area contributed by atoms with Crippen LogP contribution >= 0.6 is 15.9 Å². The first-order valence-corrected chi connectivity index (χ1v) is 6.73. The van der Waals surface area contributed by atoms with Crippen LogP contribution in [-0.4, -0.2) is 6.54 Å². The van der Waals surface area contributed by atoms with Gasteiger partial charge < -0.3 is 10.5 Å². The van der Waals surface area contributed by atoms with Crippen LogP contribution in [0, 0.1) is 0 Å². The van der Waals surface area contributed by atoms with Crippen molar-refractivity contribution in [1.29, 1.82) is 0 Å². The maximum Gasteiger partial charge on any atom is 0.119 e. The van der Waals surface area contributed by atoms with E-state index in [2.05, 4.69) is 28.1 Å². The molecule has 0 atom stereocenters. The third kappa shape index (κ3) is 3.86. The lowest BCUT2D eigenvalue weighted by Crippen LogP contribution is -2.02. The molecule has 0 saturated carbocycles. The molecule has 0 aliphatic heterocycles. The second-order valence-electron chi connectivity index (χ2n) is 4.10. The number of nitrogens with two attached hydrogens (primary N) is 1. The molecule has 0 saturated heterocycles. The van der Waals surface area contributed by atoms with Gasteiger partial charge in [0.15, 0.2) is 0 Å². The molecule has 0 aliphatic carbocycles. The van der Waals surface area contributed by atoms with Gasteiger partial charge in [0, 0.05) is 4.47 Å². The Labute approximate surface area is 116 Å². The number of rotatable bonds is 5. The molecule has 2 aromatic carbocycles. The Morgan fingerprint density at radius 3 is 2.11 bits per heavy atom. The lowest BCUT2D eigenvalue weighted by Gasteiger charge is -2.07. The molecule has 0 fully saturated rings. The molecule has 0 amide bonds. The number of hydrogen-bond acceptors (Lipinski definition) is 2. The van der Waals surface area contributed by atoms with Gasteiger partial charge in [0.25, 0.3) is 0 Å². The molecule has 2 nitrogen and oxygen atoms in total.